The van der Waals surface area contributed by atoms with Gasteiger partial charge >= 0.3 is 0 Å². The largest absolute Gasteiger partial charge is 0.381 e. The molecule has 0 amide bonds. The average molecular weight is 399 g/mol. The van der Waals surface area contributed by atoms with Crippen LogP contribution in [0.5, 0.6) is 0 Å². The first-order valence-corrected chi connectivity index (χ1v) is 10.5. The molecule has 29 heavy (non-hydrogen) atoms. The van der Waals surface area contributed by atoms with E-state index in [9.17, 15) is 0 Å². The summed E-state index contributed by atoms with van der Waals surface area (Å²) in [7, 11) is 2.09. The summed E-state index contributed by atoms with van der Waals surface area (Å²) in [6.45, 7) is 6.27. The quantitative estimate of drug-likeness (QED) is 0.705. The van der Waals surface area contributed by atoms with Crippen LogP contribution in [0.15, 0.2) is 18.3 Å². The fourth-order valence-electron chi connectivity index (χ4n) is 3.64. The highest BCUT2D eigenvalue weighted by atomic mass is 16.5. The highest BCUT2D eigenvalue weighted by Crippen LogP contribution is 2.26. The van der Waals surface area contributed by atoms with Gasteiger partial charge in [-0.3, -0.25) is 5.10 Å². The van der Waals surface area contributed by atoms with Crippen LogP contribution in [0.2, 0.25) is 0 Å². The van der Waals surface area contributed by atoms with E-state index in [0.717, 1.165) is 75.3 Å². The lowest BCUT2D eigenvalue weighted by Gasteiger charge is -2.28. The first kappa shape index (κ1) is 19.8. The van der Waals surface area contributed by atoms with Crippen LogP contribution in [0.3, 0.4) is 0 Å². The molecule has 2 aliphatic heterocycles. The molecular formula is C21H30N6O2. The SMILES string of the molecule is CC/C=C/c1ncc(Nc2cc(C3COC3)[nH]n2)nc1N(C)CC1CCOCC1. The lowest BCUT2D eigenvalue weighted by molar-refractivity contribution is 0.00670. The van der Waals surface area contributed by atoms with E-state index in [2.05, 4.69) is 51.5 Å². The molecule has 0 radical (unpaired) electrons. The Labute approximate surface area is 171 Å². The Morgan fingerprint density at radius 3 is 2.79 bits per heavy atom. The minimum absolute atomic E-state index is 0.409. The molecule has 0 aliphatic carbocycles. The van der Waals surface area contributed by atoms with Crippen molar-refractivity contribution in [2.24, 2.45) is 5.92 Å². The summed E-state index contributed by atoms with van der Waals surface area (Å²) < 4.78 is 10.8. The first-order chi connectivity index (χ1) is 14.2. The predicted octanol–water partition coefficient (Wildman–Crippen LogP) is 3.34. The molecule has 8 nitrogen and oxygen atoms in total. The molecular weight excluding hydrogens is 368 g/mol. The summed E-state index contributed by atoms with van der Waals surface area (Å²) >= 11 is 0. The second kappa shape index (κ2) is 9.37. The Morgan fingerprint density at radius 2 is 2.07 bits per heavy atom. The van der Waals surface area contributed by atoms with E-state index in [0.29, 0.717) is 17.7 Å². The number of anilines is 3. The Morgan fingerprint density at radius 1 is 1.24 bits per heavy atom. The van der Waals surface area contributed by atoms with Crippen molar-refractivity contribution in [3.05, 3.63) is 29.7 Å². The fourth-order valence-corrected chi connectivity index (χ4v) is 3.64. The molecule has 0 saturated carbocycles. The number of rotatable bonds is 8. The number of hydrogen-bond acceptors (Lipinski definition) is 7. The Balaban J connectivity index is 1.51. The van der Waals surface area contributed by atoms with Gasteiger partial charge in [0.15, 0.2) is 17.5 Å². The van der Waals surface area contributed by atoms with Gasteiger partial charge in [-0.2, -0.15) is 5.10 Å². The van der Waals surface area contributed by atoms with Gasteiger partial charge < -0.3 is 19.7 Å². The molecule has 0 unspecified atom stereocenters. The standard InChI is InChI=1S/C21H30N6O2/c1-3-4-5-17-21(27(2)12-15-6-8-28-9-7-15)24-20(11-22-17)23-19-10-18(25-26-19)16-13-29-14-16/h4-5,10-11,15-16H,3,6-9,12-14H2,1-2H3,(H2,23,24,25,26)/b5-4+. The van der Waals surface area contributed by atoms with Crippen molar-refractivity contribution >= 4 is 23.5 Å². The van der Waals surface area contributed by atoms with Crippen molar-refractivity contribution < 1.29 is 9.47 Å². The highest BCUT2D eigenvalue weighted by molar-refractivity contribution is 5.64. The van der Waals surface area contributed by atoms with Crippen LogP contribution in [0, 0.1) is 5.92 Å². The minimum Gasteiger partial charge on any atom is -0.381 e. The number of aromatic nitrogens is 4. The molecule has 2 aromatic heterocycles. The Bertz CT molecular complexity index is 826. The van der Waals surface area contributed by atoms with Gasteiger partial charge in [-0.25, -0.2) is 9.97 Å². The molecule has 0 atom stereocenters. The van der Waals surface area contributed by atoms with Gasteiger partial charge in [-0.15, -0.1) is 0 Å². The molecule has 0 aromatic carbocycles. The summed E-state index contributed by atoms with van der Waals surface area (Å²) in [4.78, 5) is 11.7. The third-order valence-corrected chi connectivity index (χ3v) is 5.46. The second-order valence-corrected chi connectivity index (χ2v) is 7.78. The van der Waals surface area contributed by atoms with Crippen LogP contribution in [-0.4, -0.2) is 60.2 Å². The third kappa shape index (κ3) is 4.94. The maximum Gasteiger partial charge on any atom is 0.156 e. The number of ether oxygens (including phenoxy) is 2. The average Bonchev–Trinajstić information content (AvgIpc) is 3.14. The highest BCUT2D eigenvalue weighted by Gasteiger charge is 2.23. The normalized spacial score (nSPS) is 18.1. The van der Waals surface area contributed by atoms with Gasteiger partial charge in [0.2, 0.25) is 0 Å². The van der Waals surface area contributed by atoms with E-state index in [1.807, 2.05) is 6.07 Å². The molecule has 2 N–H and O–H groups in total. The van der Waals surface area contributed by atoms with Gasteiger partial charge in [-0.1, -0.05) is 13.0 Å². The van der Waals surface area contributed by atoms with Crippen LogP contribution >= 0.6 is 0 Å². The number of nitrogens with one attached hydrogen (secondary N) is 2. The maximum absolute atomic E-state index is 5.49. The number of hydrogen-bond donors (Lipinski definition) is 2. The summed E-state index contributed by atoms with van der Waals surface area (Å²) in [5, 5.41) is 10.7. The molecule has 2 saturated heterocycles. The predicted molar refractivity (Wildman–Crippen MR) is 114 cm³/mol. The molecule has 2 aromatic rings. The van der Waals surface area contributed by atoms with E-state index in [-0.39, 0.29) is 0 Å². The lowest BCUT2D eigenvalue weighted by Crippen LogP contribution is -2.30. The smallest absolute Gasteiger partial charge is 0.156 e. The van der Waals surface area contributed by atoms with Crippen LogP contribution in [0.25, 0.3) is 6.08 Å². The van der Waals surface area contributed by atoms with Gasteiger partial charge in [0.1, 0.15) is 5.69 Å². The molecule has 156 valence electrons. The van der Waals surface area contributed by atoms with Gasteiger partial charge in [0.05, 0.1) is 19.4 Å². The van der Waals surface area contributed by atoms with Crippen molar-refractivity contribution in [1.82, 2.24) is 20.2 Å². The zero-order valence-corrected chi connectivity index (χ0v) is 17.2. The molecule has 2 aliphatic rings. The van der Waals surface area contributed by atoms with Crippen molar-refractivity contribution in [2.75, 3.05) is 50.2 Å². The third-order valence-electron chi connectivity index (χ3n) is 5.46. The van der Waals surface area contributed by atoms with E-state index in [1.54, 1.807) is 6.20 Å². The number of allylic oxidation sites excluding steroid dienone is 1. The summed E-state index contributed by atoms with van der Waals surface area (Å²) in [6, 6.07) is 2.02. The van der Waals surface area contributed by atoms with Crippen molar-refractivity contribution in [3.63, 3.8) is 0 Å². The Hall–Kier alpha value is -2.45. The number of nitrogens with zero attached hydrogens (tertiary/aromatic N) is 4. The van der Waals surface area contributed by atoms with Crippen LogP contribution in [0.4, 0.5) is 17.5 Å². The summed E-state index contributed by atoms with van der Waals surface area (Å²) in [5.74, 6) is 3.35. The van der Waals surface area contributed by atoms with E-state index < -0.39 is 0 Å². The molecule has 0 spiro atoms. The zero-order valence-electron chi connectivity index (χ0n) is 17.2. The number of aromatic amines is 1. The molecule has 0 bridgehead atoms. The second-order valence-electron chi connectivity index (χ2n) is 7.78. The molecule has 2 fully saturated rings. The van der Waals surface area contributed by atoms with Crippen LogP contribution in [-0.2, 0) is 9.47 Å². The summed E-state index contributed by atoms with van der Waals surface area (Å²) in [6.07, 6.45) is 9.08. The zero-order chi connectivity index (χ0) is 20.1. The fraction of sp³-hybridized carbons (Fsp3) is 0.571. The lowest BCUT2D eigenvalue weighted by atomic mass is 10.00. The van der Waals surface area contributed by atoms with E-state index >= 15 is 0 Å². The van der Waals surface area contributed by atoms with Crippen LogP contribution < -0.4 is 10.2 Å². The molecule has 4 rings (SSSR count). The molecule has 8 heteroatoms. The van der Waals surface area contributed by atoms with Crippen LogP contribution in [0.1, 0.15) is 43.5 Å². The van der Waals surface area contributed by atoms with E-state index in [4.69, 9.17) is 14.5 Å². The van der Waals surface area contributed by atoms with Crippen molar-refractivity contribution in [1.29, 1.82) is 0 Å². The van der Waals surface area contributed by atoms with E-state index in [1.165, 1.54) is 0 Å². The topological polar surface area (TPSA) is 88.2 Å². The van der Waals surface area contributed by atoms with Gasteiger partial charge in [0.25, 0.3) is 0 Å². The van der Waals surface area contributed by atoms with Gasteiger partial charge in [-0.05, 0) is 31.3 Å². The first-order valence-electron chi connectivity index (χ1n) is 10.5. The maximum atomic E-state index is 5.49. The molecule has 4 heterocycles. The number of H-pyrrole nitrogens is 1. The Kier molecular flexibility index (Phi) is 6.41. The monoisotopic (exact) mass is 398 g/mol. The van der Waals surface area contributed by atoms with Crippen molar-refractivity contribution in [2.45, 2.75) is 32.1 Å². The summed E-state index contributed by atoms with van der Waals surface area (Å²) in [5.41, 5.74) is 1.98. The van der Waals surface area contributed by atoms with Gasteiger partial charge in [0, 0.05) is 44.5 Å². The van der Waals surface area contributed by atoms with Crippen molar-refractivity contribution in [3.8, 4) is 0 Å². The minimum atomic E-state index is 0.409.